The van der Waals surface area contributed by atoms with E-state index in [1.807, 2.05) is 0 Å². The van der Waals surface area contributed by atoms with Gasteiger partial charge in [0, 0.05) is 11.6 Å². The molecule has 1 aromatic carbocycles. The maximum Gasteiger partial charge on any atom is 0.356 e. The summed E-state index contributed by atoms with van der Waals surface area (Å²) in [4.78, 5) is 15.4. The second kappa shape index (κ2) is 4.18. The molecule has 4 heteroatoms. The monoisotopic (exact) mass is 217 g/mol. The Bertz CT molecular complexity index is 537. The van der Waals surface area contributed by atoms with Gasteiger partial charge in [0.25, 0.3) is 0 Å². The number of carbonyl (C=O) groups is 1. The average molecular weight is 217 g/mol. The van der Waals surface area contributed by atoms with Crippen LogP contribution in [0.25, 0.3) is 10.8 Å². The van der Waals surface area contributed by atoms with Crippen LogP contribution in [0.1, 0.15) is 17.4 Å². The molecule has 2 rings (SSSR count). The second-order valence-corrected chi connectivity index (χ2v) is 3.32. The zero-order valence-electron chi connectivity index (χ0n) is 8.80. The molecule has 0 radical (unpaired) electrons. The van der Waals surface area contributed by atoms with Gasteiger partial charge in [0.1, 0.15) is 11.4 Å². The summed E-state index contributed by atoms with van der Waals surface area (Å²) in [5.74, 6) is -0.291. The van der Waals surface area contributed by atoms with E-state index in [0.29, 0.717) is 6.61 Å². The summed E-state index contributed by atoms with van der Waals surface area (Å²) in [5, 5.41) is 11.0. The molecule has 1 aromatic heterocycles. The number of pyridine rings is 1. The number of fused-ring (bicyclic) bond motifs is 1. The lowest BCUT2D eigenvalue weighted by molar-refractivity contribution is 0.0519. The standard InChI is InChI=1S/C12H11NO3/c1-2-16-12(15)11-6-9-5-10(14)4-3-8(9)7-13-11/h3-7,14H,2H2,1H3. The van der Waals surface area contributed by atoms with Gasteiger partial charge in [-0.05, 0) is 36.6 Å². The lowest BCUT2D eigenvalue weighted by Crippen LogP contribution is -2.06. The van der Waals surface area contributed by atoms with Crippen LogP contribution in [0.5, 0.6) is 5.75 Å². The molecule has 0 saturated heterocycles. The summed E-state index contributed by atoms with van der Waals surface area (Å²) in [5.41, 5.74) is 0.250. The summed E-state index contributed by atoms with van der Waals surface area (Å²) in [6.07, 6.45) is 1.58. The molecule has 4 nitrogen and oxygen atoms in total. The zero-order chi connectivity index (χ0) is 11.5. The van der Waals surface area contributed by atoms with Gasteiger partial charge < -0.3 is 9.84 Å². The van der Waals surface area contributed by atoms with Crippen molar-refractivity contribution < 1.29 is 14.6 Å². The van der Waals surface area contributed by atoms with Crippen LogP contribution in [0.4, 0.5) is 0 Å². The van der Waals surface area contributed by atoms with Crippen molar-refractivity contribution in [3.8, 4) is 5.75 Å². The topological polar surface area (TPSA) is 59.4 Å². The van der Waals surface area contributed by atoms with Gasteiger partial charge in [-0.15, -0.1) is 0 Å². The van der Waals surface area contributed by atoms with Crippen LogP contribution in [-0.4, -0.2) is 22.7 Å². The Morgan fingerprint density at radius 2 is 2.19 bits per heavy atom. The highest BCUT2D eigenvalue weighted by atomic mass is 16.5. The smallest absolute Gasteiger partial charge is 0.356 e. The number of benzene rings is 1. The molecule has 0 saturated carbocycles. The molecule has 0 aliphatic carbocycles. The Labute approximate surface area is 92.5 Å². The molecule has 0 spiro atoms. The van der Waals surface area contributed by atoms with Crippen LogP contribution in [-0.2, 0) is 4.74 Å². The summed E-state index contributed by atoms with van der Waals surface area (Å²) < 4.78 is 4.84. The zero-order valence-corrected chi connectivity index (χ0v) is 8.80. The molecule has 2 aromatic rings. The summed E-state index contributed by atoms with van der Waals surface area (Å²) in [6.45, 7) is 2.06. The average Bonchev–Trinajstić information content (AvgIpc) is 2.28. The summed E-state index contributed by atoms with van der Waals surface area (Å²) in [7, 11) is 0. The van der Waals surface area contributed by atoms with E-state index in [2.05, 4.69) is 4.98 Å². The van der Waals surface area contributed by atoms with E-state index in [0.717, 1.165) is 10.8 Å². The quantitative estimate of drug-likeness (QED) is 0.783. The van der Waals surface area contributed by atoms with Gasteiger partial charge in [-0.2, -0.15) is 0 Å². The Morgan fingerprint density at radius 1 is 1.38 bits per heavy atom. The number of aromatic hydroxyl groups is 1. The summed E-state index contributed by atoms with van der Waals surface area (Å²) >= 11 is 0. The highest BCUT2D eigenvalue weighted by molar-refractivity contribution is 5.93. The van der Waals surface area contributed by atoms with Gasteiger partial charge >= 0.3 is 5.97 Å². The number of phenols is 1. The van der Waals surface area contributed by atoms with Gasteiger partial charge in [0.05, 0.1) is 6.61 Å². The van der Waals surface area contributed by atoms with E-state index in [1.165, 1.54) is 0 Å². The molecule has 1 heterocycles. The highest BCUT2D eigenvalue weighted by Crippen LogP contribution is 2.19. The van der Waals surface area contributed by atoms with Crippen molar-refractivity contribution in [2.45, 2.75) is 6.92 Å². The largest absolute Gasteiger partial charge is 0.508 e. The third-order valence-corrected chi connectivity index (χ3v) is 2.19. The van der Waals surface area contributed by atoms with Gasteiger partial charge in [-0.3, -0.25) is 0 Å². The first-order valence-corrected chi connectivity index (χ1v) is 4.96. The Kier molecular flexibility index (Phi) is 2.72. The Balaban J connectivity index is 2.46. The molecule has 0 amide bonds. The van der Waals surface area contributed by atoms with E-state index in [4.69, 9.17) is 4.74 Å². The fourth-order valence-electron chi connectivity index (χ4n) is 1.45. The van der Waals surface area contributed by atoms with Crippen molar-refractivity contribution in [3.05, 3.63) is 36.2 Å². The van der Waals surface area contributed by atoms with Gasteiger partial charge in [0.15, 0.2) is 0 Å². The number of esters is 1. The fourth-order valence-corrected chi connectivity index (χ4v) is 1.45. The number of hydrogen-bond donors (Lipinski definition) is 1. The van der Waals surface area contributed by atoms with Gasteiger partial charge in [-0.1, -0.05) is 0 Å². The summed E-state index contributed by atoms with van der Waals surface area (Å²) in [6, 6.07) is 6.51. The Morgan fingerprint density at radius 3 is 2.94 bits per heavy atom. The van der Waals surface area contributed by atoms with E-state index in [-0.39, 0.29) is 11.4 Å². The van der Waals surface area contributed by atoms with Crippen molar-refractivity contribution in [2.24, 2.45) is 0 Å². The van der Waals surface area contributed by atoms with Crippen molar-refractivity contribution in [1.82, 2.24) is 4.98 Å². The Hall–Kier alpha value is -2.10. The van der Waals surface area contributed by atoms with Crippen LogP contribution in [0.3, 0.4) is 0 Å². The number of phenolic OH excluding ortho intramolecular Hbond substituents is 1. The van der Waals surface area contributed by atoms with Crippen LogP contribution in [0.2, 0.25) is 0 Å². The number of carbonyl (C=O) groups excluding carboxylic acids is 1. The second-order valence-electron chi connectivity index (χ2n) is 3.32. The predicted molar refractivity (Wildman–Crippen MR) is 59.4 cm³/mol. The van der Waals surface area contributed by atoms with Crippen molar-refractivity contribution in [1.29, 1.82) is 0 Å². The van der Waals surface area contributed by atoms with E-state index in [9.17, 15) is 9.90 Å². The van der Waals surface area contributed by atoms with Crippen LogP contribution in [0.15, 0.2) is 30.5 Å². The fraction of sp³-hybridized carbons (Fsp3) is 0.167. The van der Waals surface area contributed by atoms with Gasteiger partial charge in [-0.25, -0.2) is 9.78 Å². The highest BCUT2D eigenvalue weighted by Gasteiger charge is 2.08. The van der Waals surface area contributed by atoms with Gasteiger partial charge in [0.2, 0.25) is 0 Å². The van der Waals surface area contributed by atoms with E-state index >= 15 is 0 Å². The number of rotatable bonds is 2. The molecular weight excluding hydrogens is 206 g/mol. The first kappa shape index (κ1) is 10.4. The molecule has 82 valence electrons. The van der Waals surface area contributed by atoms with E-state index < -0.39 is 5.97 Å². The molecular formula is C12H11NO3. The first-order chi connectivity index (χ1) is 7.70. The number of aromatic nitrogens is 1. The number of nitrogens with zero attached hydrogens (tertiary/aromatic N) is 1. The third-order valence-electron chi connectivity index (χ3n) is 2.19. The molecule has 0 atom stereocenters. The van der Waals surface area contributed by atoms with Crippen LogP contribution < -0.4 is 0 Å². The van der Waals surface area contributed by atoms with Crippen molar-refractivity contribution in [2.75, 3.05) is 6.61 Å². The van der Waals surface area contributed by atoms with Crippen molar-refractivity contribution >= 4 is 16.7 Å². The van der Waals surface area contributed by atoms with Crippen LogP contribution >= 0.6 is 0 Å². The first-order valence-electron chi connectivity index (χ1n) is 4.96. The maximum absolute atomic E-state index is 11.4. The van der Waals surface area contributed by atoms with Crippen molar-refractivity contribution in [3.63, 3.8) is 0 Å². The van der Waals surface area contributed by atoms with E-state index in [1.54, 1.807) is 37.4 Å². The number of ether oxygens (including phenoxy) is 1. The molecule has 0 aliphatic rings. The molecule has 1 N–H and O–H groups in total. The molecule has 16 heavy (non-hydrogen) atoms. The molecule has 0 fully saturated rings. The minimum absolute atomic E-state index is 0.161. The van der Waals surface area contributed by atoms with Crippen LogP contribution in [0, 0.1) is 0 Å². The molecule has 0 aliphatic heterocycles. The number of hydrogen-bond acceptors (Lipinski definition) is 4. The molecule has 0 unspecified atom stereocenters. The lowest BCUT2D eigenvalue weighted by atomic mass is 10.1. The minimum atomic E-state index is -0.451. The lowest BCUT2D eigenvalue weighted by Gasteiger charge is -2.03. The predicted octanol–water partition coefficient (Wildman–Crippen LogP) is 2.12. The SMILES string of the molecule is CCOC(=O)c1cc2cc(O)ccc2cn1. The molecule has 0 bridgehead atoms. The maximum atomic E-state index is 11.4. The minimum Gasteiger partial charge on any atom is -0.508 e. The third kappa shape index (κ3) is 1.95. The normalized spacial score (nSPS) is 10.3.